The SMILES string of the molecule is CC1CC2=C(C1)C(C)[C-]=C2.CC1CC2=C(C1)C(C)[C-]=C2.[Cl-].[Cl-].[Zr+4]. The van der Waals surface area contributed by atoms with Crippen molar-refractivity contribution in [3.63, 3.8) is 0 Å². The molecule has 0 aliphatic heterocycles. The molecule has 0 spiro atoms. The van der Waals surface area contributed by atoms with E-state index in [2.05, 4.69) is 52.0 Å². The first-order valence-electron chi connectivity index (χ1n) is 8.17. The van der Waals surface area contributed by atoms with E-state index in [1.54, 1.807) is 22.3 Å². The number of allylic oxidation sites excluding steroid dienone is 8. The van der Waals surface area contributed by atoms with Crippen molar-refractivity contribution in [1.82, 2.24) is 0 Å². The molecule has 0 saturated carbocycles. The molecule has 4 unspecified atom stereocenters. The van der Waals surface area contributed by atoms with Gasteiger partial charge in [0, 0.05) is 0 Å². The van der Waals surface area contributed by atoms with E-state index in [1.165, 1.54) is 25.7 Å². The van der Waals surface area contributed by atoms with Crippen LogP contribution in [0.2, 0.25) is 0 Å². The monoisotopic (exact) mass is 426 g/mol. The van der Waals surface area contributed by atoms with E-state index in [4.69, 9.17) is 0 Å². The molecule has 0 bridgehead atoms. The fraction of sp³-hybridized carbons (Fsp3) is 0.600. The average Bonchev–Trinajstić information content (AvgIpc) is 3.09. The smallest absolute Gasteiger partial charge is 1.00 e. The third kappa shape index (κ3) is 5.20. The Balaban J connectivity index is 0.000000372. The van der Waals surface area contributed by atoms with Crippen LogP contribution in [0.15, 0.2) is 34.4 Å². The zero-order chi connectivity index (χ0) is 14.3. The van der Waals surface area contributed by atoms with Gasteiger partial charge in [-0.1, -0.05) is 64.2 Å². The van der Waals surface area contributed by atoms with Gasteiger partial charge in [0.25, 0.3) is 0 Å². The van der Waals surface area contributed by atoms with Crippen LogP contribution in [0.3, 0.4) is 0 Å². The van der Waals surface area contributed by atoms with Crippen LogP contribution in [0.1, 0.15) is 53.4 Å². The van der Waals surface area contributed by atoms with Gasteiger partial charge < -0.3 is 24.8 Å². The van der Waals surface area contributed by atoms with Crippen LogP contribution in [0.4, 0.5) is 0 Å². The van der Waals surface area contributed by atoms with Crippen LogP contribution < -0.4 is 24.8 Å². The zero-order valence-electron chi connectivity index (χ0n) is 14.5. The minimum Gasteiger partial charge on any atom is -1.00 e. The fourth-order valence-electron chi connectivity index (χ4n) is 4.04. The molecular formula is C20H26Cl2Zr. The molecule has 0 fully saturated rings. The molecule has 0 nitrogen and oxygen atoms in total. The minimum atomic E-state index is 0. The Hall–Kier alpha value is 0.423. The van der Waals surface area contributed by atoms with Gasteiger partial charge in [-0.15, -0.1) is 0 Å². The van der Waals surface area contributed by atoms with Crippen LogP contribution in [0, 0.1) is 35.8 Å². The third-order valence-corrected chi connectivity index (χ3v) is 5.16. The zero-order valence-corrected chi connectivity index (χ0v) is 18.5. The summed E-state index contributed by atoms with van der Waals surface area (Å²) >= 11 is 0. The second kappa shape index (κ2) is 9.79. The Morgan fingerprint density at radius 2 is 1.04 bits per heavy atom. The Morgan fingerprint density at radius 1 is 0.696 bits per heavy atom. The predicted molar refractivity (Wildman–Crippen MR) is 84.8 cm³/mol. The molecule has 4 aliphatic carbocycles. The Labute approximate surface area is 173 Å². The van der Waals surface area contributed by atoms with E-state index >= 15 is 0 Å². The molecule has 23 heavy (non-hydrogen) atoms. The second-order valence-electron chi connectivity index (χ2n) is 7.19. The van der Waals surface area contributed by atoms with E-state index in [1.807, 2.05) is 0 Å². The molecular weight excluding hydrogens is 402 g/mol. The number of rotatable bonds is 0. The van der Waals surface area contributed by atoms with E-state index in [0.717, 1.165) is 11.8 Å². The van der Waals surface area contributed by atoms with Gasteiger partial charge in [0.15, 0.2) is 0 Å². The molecule has 124 valence electrons. The van der Waals surface area contributed by atoms with Crippen LogP contribution in [0.5, 0.6) is 0 Å². The summed E-state index contributed by atoms with van der Waals surface area (Å²) in [6, 6.07) is 0. The van der Waals surface area contributed by atoms with Gasteiger partial charge in [-0.3, -0.25) is 12.2 Å². The van der Waals surface area contributed by atoms with Gasteiger partial charge in [0.05, 0.1) is 0 Å². The predicted octanol–water partition coefficient (Wildman–Crippen LogP) is -0.551. The minimum absolute atomic E-state index is 0. The van der Waals surface area contributed by atoms with Gasteiger partial charge in [0.2, 0.25) is 0 Å². The van der Waals surface area contributed by atoms with Crippen molar-refractivity contribution in [2.45, 2.75) is 53.4 Å². The van der Waals surface area contributed by atoms with Crippen molar-refractivity contribution in [3.05, 3.63) is 46.6 Å². The maximum atomic E-state index is 3.34. The summed E-state index contributed by atoms with van der Waals surface area (Å²) in [7, 11) is 0. The molecule has 0 amide bonds. The van der Waals surface area contributed by atoms with Crippen molar-refractivity contribution in [1.29, 1.82) is 0 Å². The molecule has 3 heteroatoms. The molecule has 0 saturated heterocycles. The van der Waals surface area contributed by atoms with Crippen LogP contribution in [-0.2, 0) is 26.2 Å². The summed E-state index contributed by atoms with van der Waals surface area (Å²) in [6.07, 6.45) is 16.3. The van der Waals surface area contributed by atoms with Gasteiger partial charge >= 0.3 is 26.2 Å². The van der Waals surface area contributed by atoms with E-state index in [0.29, 0.717) is 11.8 Å². The molecule has 0 aromatic carbocycles. The number of hydrogen-bond donors (Lipinski definition) is 0. The van der Waals surface area contributed by atoms with Gasteiger partial charge in [-0.05, 0) is 12.8 Å². The van der Waals surface area contributed by atoms with Gasteiger partial charge in [-0.2, -0.15) is 22.3 Å². The standard InChI is InChI=1S/2C10H13.2ClH.Zr/c2*1-7-5-9-4-3-8(2)10(9)6-7;;;/h2*4,7-8H,5-6H2,1-2H3;2*1H;/q2*-1;;;+4/p-2. The molecule has 0 heterocycles. The number of halogens is 2. The normalized spacial score (nSPS) is 32.5. The topological polar surface area (TPSA) is 0 Å². The van der Waals surface area contributed by atoms with E-state index in [-0.39, 0.29) is 51.0 Å². The van der Waals surface area contributed by atoms with Crippen molar-refractivity contribution in [2.24, 2.45) is 23.7 Å². The summed E-state index contributed by atoms with van der Waals surface area (Å²) in [5, 5.41) is 0. The van der Waals surface area contributed by atoms with Gasteiger partial charge in [-0.25, -0.2) is 12.2 Å². The average molecular weight is 429 g/mol. The van der Waals surface area contributed by atoms with Crippen molar-refractivity contribution < 1.29 is 51.0 Å². The second-order valence-corrected chi connectivity index (χ2v) is 7.19. The van der Waals surface area contributed by atoms with Crippen molar-refractivity contribution >= 4 is 0 Å². The van der Waals surface area contributed by atoms with Crippen molar-refractivity contribution in [2.75, 3.05) is 0 Å². The third-order valence-electron chi connectivity index (χ3n) is 5.16. The Bertz CT molecular complexity index is 480. The number of hydrogen-bond acceptors (Lipinski definition) is 0. The molecule has 0 aromatic heterocycles. The summed E-state index contributed by atoms with van der Waals surface area (Å²) in [5.74, 6) is 3.04. The van der Waals surface area contributed by atoms with Crippen molar-refractivity contribution in [3.8, 4) is 0 Å². The molecule has 4 aliphatic rings. The van der Waals surface area contributed by atoms with E-state index < -0.39 is 0 Å². The fourth-order valence-corrected chi connectivity index (χ4v) is 4.04. The molecule has 0 N–H and O–H groups in total. The summed E-state index contributed by atoms with van der Waals surface area (Å²) in [5.41, 5.74) is 6.49. The van der Waals surface area contributed by atoms with Crippen LogP contribution >= 0.6 is 0 Å². The first kappa shape index (κ1) is 23.4. The molecule has 4 atom stereocenters. The largest absolute Gasteiger partial charge is 4.00 e. The molecule has 0 aromatic rings. The molecule has 0 radical (unpaired) electrons. The van der Waals surface area contributed by atoms with Crippen LogP contribution in [0.25, 0.3) is 0 Å². The maximum Gasteiger partial charge on any atom is 4.00 e. The Morgan fingerprint density at radius 3 is 1.35 bits per heavy atom. The summed E-state index contributed by atoms with van der Waals surface area (Å²) in [4.78, 5) is 0. The Kier molecular flexibility index (Phi) is 9.97. The molecule has 4 rings (SSSR count). The first-order valence-corrected chi connectivity index (χ1v) is 8.17. The quantitative estimate of drug-likeness (QED) is 0.455. The maximum absolute atomic E-state index is 3.34. The van der Waals surface area contributed by atoms with Crippen LogP contribution in [-0.4, -0.2) is 0 Å². The summed E-state index contributed by atoms with van der Waals surface area (Å²) < 4.78 is 0. The van der Waals surface area contributed by atoms with E-state index in [9.17, 15) is 0 Å². The summed E-state index contributed by atoms with van der Waals surface area (Å²) in [6.45, 7) is 9.16. The van der Waals surface area contributed by atoms with Gasteiger partial charge in [0.1, 0.15) is 0 Å². The first-order chi connectivity index (χ1) is 9.54.